The molecule has 3 N–H and O–H groups in total. The summed E-state index contributed by atoms with van der Waals surface area (Å²) in [5.41, 5.74) is 6.40. The van der Waals surface area contributed by atoms with Crippen LogP contribution in [0, 0.1) is 5.82 Å². The molecule has 0 saturated carbocycles. The smallest absolute Gasteiger partial charge is 0.221 e. The number of rotatable bonds is 6. The normalized spacial score (nSPS) is 10.8. The number of nitrogens with two attached hydrogens (primary N) is 1. The van der Waals surface area contributed by atoms with Gasteiger partial charge in [-0.3, -0.25) is 4.79 Å². The van der Waals surface area contributed by atoms with Crippen molar-refractivity contribution in [3.63, 3.8) is 0 Å². The number of halogens is 3. The molecule has 24 heavy (non-hydrogen) atoms. The van der Waals surface area contributed by atoms with Gasteiger partial charge in [-0.05, 0) is 36.8 Å². The van der Waals surface area contributed by atoms with Gasteiger partial charge in [0.05, 0.1) is 0 Å². The Morgan fingerprint density at radius 1 is 1.25 bits per heavy atom. The van der Waals surface area contributed by atoms with Gasteiger partial charge in [-0.25, -0.2) is 9.37 Å². The number of hydrogen-bond donors (Lipinski definition) is 2. The number of aromatic nitrogens is 1. The van der Waals surface area contributed by atoms with E-state index in [2.05, 4.69) is 10.3 Å². The number of hydrogen-bond acceptors (Lipinski definition) is 4. The highest BCUT2D eigenvalue weighted by Gasteiger charge is 2.05. The van der Waals surface area contributed by atoms with E-state index in [1.807, 2.05) is 0 Å². The maximum absolute atomic E-state index is 12.8. The van der Waals surface area contributed by atoms with Crippen molar-refractivity contribution in [2.45, 2.75) is 25.9 Å². The predicted octanol–water partition coefficient (Wildman–Crippen LogP) is 3.21. The summed E-state index contributed by atoms with van der Waals surface area (Å²) in [4.78, 5) is 15.6. The van der Waals surface area contributed by atoms with Crippen LogP contribution in [-0.2, 0) is 11.3 Å². The van der Waals surface area contributed by atoms with Gasteiger partial charge in [-0.15, -0.1) is 24.8 Å². The summed E-state index contributed by atoms with van der Waals surface area (Å²) in [6.07, 6.45) is 1.91. The first-order chi connectivity index (χ1) is 10.5. The number of carbonyl (C=O) groups is 1. The minimum absolute atomic E-state index is 0. The largest absolute Gasteiger partial charge is 0.439 e. The molecule has 1 heterocycles. The second-order valence-electron chi connectivity index (χ2n) is 5.02. The van der Waals surface area contributed by atoms with Gasteiger partial charge in [-0.1, -0.05) is 6.07 Å². The molecule has 1 amide bonds. The van der Waals surface area contributed by atoms with E-state index in [1.165, 1.54) is 24.3 Å². The van der Waals surface area contributed by atoms with Gasteiger partial charge in [-0.2, -0.15) is 0 Å². The van der Waals surface area contributed by atoms with Crippen molar-refractivity contribution in [1.29, 1.82) is 0 Å². The number of nitrogens with zero attached hydrogens (tertiary/aromatic N) is 1. The molecule has 0 bridgehead atoms. The summed E-state index contributed by atoms with van der Waals surface area (Å²) in [7, 11) is 0. The summed E-state index contributed by atoms with van der Waals surface area (Å²) >= 11 is 0. The quantitative estimate of drug-likeness (QED) is 0.812. The summed E-state index contributed by atoms with van der Waals surface area (Å²) in [5, 5.41) is 2.76. The molecule has 1 atom stereocenters. The van der Waals surface area contributed by atoms with Crippen molar-refractivity contribution >= 4 is 30.7 Å². The first-order valence-corrected chi connectivity index (χ1v) is 6.93. The molecule has 8 heteroatoms. The fraction of sp³-hybridized carbons (Fsp3) is 0.250. The highest BCUT2D eigenvalue weighted by molar-refractivity contribution is 5.85. The molecule has 2 aromatic rings. The van der Waals surface area contributed by atoms with E-state index in [0.29, 0.717) is 24.6 Å². The standard InChI is InChI=1S/C16H18FN3O2.2ClH/c1-11(18)8-15(21)19-9-12-2-7-16(20-10-12)22-14-5-3-13(17)4-6-14;;/h2-7,10-11H,8-9,18H2,1H3,(H,19,21);2*1H. The van der Waals surface area contributed by atoms with Crippen LogP contribution < -0.4 is 15.8 Å². The van der Waals surface area contributed by atoms with Crippen LogP contribution in [0.4, 0.5) is 4.39 Å². The molecule has 0 aliphatic rings. The summed E-state index contributed by atoms with van der Waals surface area (Å²) < 4.78 is 18.3. The van der Waals surface area contributed by atoms with Gasteiger partial charge in [0.1, 0.15) is 11.6 Å². The zero-order chi connectivity index (χ0) is 15.9. The molecule has 0 radical (unpaired) electrons. The molecule has 0 saturated heterocycles. The molecule has 0 aliphatic heterocycles. The number of benzene rings is 1. The minimum Gasteiger partial charge on any atom is -0.439 e. The molecule has 5 nitrogen and oxygen atoms in total. The van der Waals surface area contributed by atoms with Crippen LogP contribution in [0.5, 0.6) is 11.6 Å². The second-order valence-corrected chi connectivity index (χ2v) is 5.02. The zero-order valence-electron chi connectivity index (χ0n) is 13.1. The van der Waals surface area contributed by atoms with E-state index in [9.17, 15) is 9.18 Å². The van der Waals surface area contributed by atoms with E-state index >= 15 is 0 Å². The van der Waals surface area contributed by atoms with Crippen LogP contribution >= 0.6 is 24.8 Å². The third-order valence-electron chi connectivity index (χ3n) is 2.83. The van der Waals surface area contributed by atoms with E-state index in [1.54, 1.807) is 25.3 Å². The van der Waals surface area contributed by atoms with E-state index in [-0.39, 0.29) is 42.6 Å². The van der Waals surface area contributed by atoms with Crippen molar-refractivity contribution in [3.05, 3.63) is 54.0 Å². The maximum Gasteiger partial charge on any atom is 0.221 e. The Hall–Kier alpha value is -1.89. The molecule has 2 rings (SSSR count). The van der Waals surface area contributed by atoms with Crippen LogP contribution in [0.15, 0.2) is 42.6 Å². The molecule has 1 aromatic carbocycles. The molecular formula is C16H20Cl2FN3O2. The molecule has 0 aliphatic carbocycles. The monoisotopic (exact) mass is 375 g/mol. The number of ether oxygens (including phenoxy) is 1. The van der Waals surface area contributed by atoms with Crippen molar-refractivity contribution in [2.75, 3.05) is 0 Å². The Kier molecular flexibility index (Phi) is 9.95. The second kappa shape index (κ2) is 10.8. The first-order valence-electron chi connectivity index (χ1n) is 6.93. The Bertz CT molecular complexity index is 622. The van der Waals surface area contributed by atoms with Crippen LogP contribution in [-0.4, -0.2) is 16.9 Å². The lowest BCUT2D eigenvalue weighted by Gasteiger charge is -2.08. The van der Waals surface area contributed by atoms with Crippen LogP contribution in [0.25, 0.3) is 0 Å². The van der Waals surface area contributed by atoms with Crippen molar-refractivity contribution in [3.8, 4) is 11.6 Å². The van der Waals surface area contributed by atoms with Gasteiger partial charge in [0, 0.05) is 31.3 Å². The van der Waals surface area contributed by atoms with Gasteiger partial charge in [0.15, 0.2) is 0 Å². The van der Waals surface area contributed by atoms with Gasteiger partial charge in [0.25, 0.3) is 0 Å². The molecule has 132 valence electrons. The average Bonchev–Trinajstić information content (AvgIpc) is 2.48. The van der Waals surface area contributed by atoms with Crippen LogP contribution in [0.2, 0.25) is 0 Å². The van der Waals surface area contributed by atoms with Crippen molar-refractivity contribution < 1.29 is 13.9 Å². The summed E-state index contributed by atoms with van der Waals surface area (Å²) in [5.74, 6) is 0.490. The zero-order valence-corrected chi connectivity index (χ0v) is 14.7. The highest BCUT2D eigenvalue weighted by atomic mass is 35.5. The third-order valence-corrected chi connectivity index (χ3v) is 2.83. The SMILES string of the molecule is CC(N)CC(=O)NCc1ccc(Oc2ccc(F)cc2)nc1.Cl.Cl. The molecule has 1 unspecified atom stereocenters. The van der Waals surface area contributed by atoms with Gasteiger partial charge < -0.3 is 15.8 Å². The first kappa shape index (κ1) is 22.1. The molecule has 0 spiro atoms. The van der Waals surface area contributed by atoms with Crippen molar-refractivity contribution in [1.82, 2.24) is 10.3 Å². The van der Waals surface area contributed by atoms with E-state index < -0.39 is 0 Å². The minimum atomic E-state index is -0.321. The van der Waals surface area contributed by atoms with Gasteiger partial charge in [0.2, 0.25) is 11.8 Å². The number of pyridine rings is 1. The fourth-order valence-electron chi connectivity index (χ4n) is 1.76. The molecule has 1 aromatic heterocycles. The predicted molar refractivity (Wildman–Crippen MR) is 95.3 cm³/mol. The average molecular weight is 376 g/mol. The lowest BCUT2D eigenvalue weighted by Crippen LogP contribution is -2.29. The van der Waals surface area contributed by atoms with Crippen LogP contribution in [0.3, 0.4) is 0 Å². The third kappa shape index (κ3) is 7.59. The Labute approximate surface area is 152 Å². The lowest BCUT2D eigenvalue weighted by molar-refractivity contribution is -0.121. The Balaban J connectivity index is 0.00000264. The van der Waals surface area contributed by atoms with E-state index in [0.717, 1.165) is 5.56 Å². The Morgan fingerprint density at radius 2 is 1.92 bits per heavy atom. The summed E-state index contributed by atoms with van der Waals surface area (Å²) in [6.45, 7) is 2.16. The van der Waals surface area contributed by atoms with Gasteiger partial charge >= 0.3 is 0 Å². The maximum atomic E-state index is 12.8. The fourth-order valence-corrected chi connectivity index (χ4v) is 1.76. The number of carbonyl (C=O) groups excluding carboxylic acids is 1. The van der Waals surface area contributed by atoms with Crippen molar-refractivity contribution in [2.24, 2.45) is 5.73 Å². The van der Waals surface area contributed by atoms with Crippen LogP contribution in [0.1, 0.15) is 18.9 Å². The Morgan fingerprint density at radius 3 is 2.46 bits per heavy atom. The number of amides is 1. The molecular weight excluding hydrogens is 356 g/mol. The van der Waals surface area contributed by atoms with E-state index in [4.69, 9.17) is 10.5 Å². The summed E-state index contributed by atoms with van der Waals surface area (Å²) in [6, 6.07) is 9.02. The lowest BCUT2D eigenvalue weighted by atomic mass is 10.2. The molecule has 0 fully saturated rings. The highest BCUT2D eigenvalue weighted by Crippen LogP contribution is 2.19. The topological polar surface area (TPSA) is 77.2 Å². The number of nitrogens with one attached hydrogen (secondary N) is 1.